The van der Waals surface area contributed by atoms with Crippen molar-refractivity contribution < 1.29 is 18.3 Å². The molecule has 1 N–H and O–H groups in total. The number of hydrogen-bond donors (Lipinski definition) is 1. The second-order valence-electron chi connectivity index (χ2n) is 10.3. The Morgan fingerprint density at radius 2 is 2.00 bits per heavy atom. The van der Waals surface area contributed by atoms with Crippen LogP contribution in [0.25, 0.3) is 11.0 Å². The number of alkyl halides is 2. The van der Waals surface area contributed by atoms with Gasteiger partial charge in [-0.05, 0) is 56.5 Å². The third kappa shape index (κ3) is 5.80. The van der Waals surface area contributed by atoms with Gasteiger partial charge < -0.3 is 19.9 Å². The van der Waals surface area contributed by atoms with Crippen molar-refractivity contribution in [2.45, 2.75) is 38.2 Å². The number of nitrogens with one attached hydrogen (secondary N) is 1. The van der Waals surface area contributed by atoms with E-state index in [1.807, 2.05) is 6.07 Å². The van der Waals surface area contributed by atoms with Crippen LogP contribution in [-0.4, -0.2) is 89.6 Å². The van der Waals surface area contributed by atoms with Crippen molar-refractivity contribution in [2.24, 2.45) is 11.8 Å². The van der Waals surface area contributed by atoms with Gasteiger partial charge in [0.05, 0.1) is 23.9 Å². The van der Waals surface area contributed by atoms with E-state index in [0.29, 0.717) is 23.8 Å². The Morgan fingerprint density at radius 1 is 1.22 bits per heavy atom. The molecule has 8 nitrogen and oxygen atoms in total. The van der Waals surface area contributed by atoms with Crippen LogP contribution < -0.4 is 5.32 Å². The quantitative estimate of drug-likeness (QED) is 0.635. The lowest BCUT2D eigenvalue weighted by Crippen LogP contribution is -2.49. The van der Waals surface area contributed by atoms with Crippen LogP contribution in [0.2, 0.25) is 0 Å². The molecule has 5 rings (SSSR count). The molecule has 2 aromatic heterocycles. The number of carbonyl (C=O) groups is 1. The highest BCUT2D eigenvalue weighted by Gasteiger charge is 2.30. The number of morpholine rings is 1. The summed E-state index contributed by atoms with van der Waals surface area (Å²) in [6.45, 7) is 5.29. The molecule has 2 saturated heterocycles. The molecule has 2 aromatic rings. The minimum Gasteiger partial charge on any atom is -0.373 e. The van der Waals surface area contributed by atoms with Crippen LogP contribution in [0.15, 0.2) is 42.3 Å². The number of fused-ring (bicyclic) bond motifs is 1. The first-order valence-electron chi connectivity index (χ1n) is 13.0. The van der Waals surface area contributed by atoms with E-state index in [2.05, 4.69) is 52.4 Å². The van der Waals surface area contributed by atoms with Crippen LogP contribution in [0.4, 0.5) is 14.6 Å². The van der Waals surface area contributed by atoms with Crippen molar-refractivity contribution in [2.75, 3.05) is 51.7 Å². The standard InChI is InChI=1S/C27H34F2N6O2/c1-17-13-19(18-5-9-34(2)10-6-18)3-4-21(17)22-14-23-24(31-8-7-30-23)26(33-22)32-15-20-16-35(11-12-37-20)27(36)25(28)29/h3-4,7-8,13-14,17-18,20-21,25H,5-6,9-12,15-16H2,1-2H3,(H,32,33)/t17?,20-,21?/m1/s1. The number of nitrogens with zero attached hydrogens (tertiary/aromatic N) is 5. The summed E-state index contributed by atoms with van der Waals surface area (Å²) in [4.78, 5) is 29.2. The van der Waals surface area contributed by atoms with Crippen molar-refractivity contribution in [3.8, 4) is 0 Å². The molecule has 2 unspecified atom stereocenters. The Balaban J connectivity index is 1.32. The molecule has 2 aliphatic heterocycles. The van der Waals surface area contributed by atoms with E-state index < -0.39 is 18.4 Å². The highest BCUT2D eigenvalue weighted by molar-refractivity contribution is 5.85. The minimum atomic E-state index is -3.01. The van der Waals surface area contributed by atoms with E-state index in [1.54, 1.807) is 12.4 Å². The highest BCUT2D eigenvalue weighted by Crippen LogP contribution is 2.37. The van der Waals surface area contributed by atoms with Crippen molar-refractivity contribution >= 4 is 22.8 Å². The molecule has 1 aliphatic carbocycles. The molecular formula is C27H34F2N6O2. The average Bonchev–Trinajstić information content (AvgIpc) is 2.91. The second-order valence-corrected chi connectivity index (χ2v) is 10.3. The molecule has 4 heterocycles. The predicted molar refractivity (Wildman–Crippen MR) is 137 cm³/mol. The molecule has 1 amide bonds. The van der Waals surface area contributed by atoms with Gasteiger partial charge in [0.2, 0.25) is 0 Å². The molecule has 3 atom stereocenters. The van der Waals surface area contributed by atoms with Crippen molar-refractivity contribution in [1.82, 2.24) is 24.8 Å². The molecule has 10 heteroatoms. The molecule has 0 spiro atoms. The van der Waals surface area contributed by atoms with Crippen LogP contribution >= 0.6 is 0 Å². The number of halogens is 2. The van der Waals surface area contributed by atoms with Crippen molar-refractivity contribution in [1.29, 1.82) is 0 Å². The van der Waals surface area contributed by atoms with Crippen LogP contribution in [0, 0.1) is 11.8 Å². The van der Waals surface area contributed by atoms with Gasteiger partial charge in [0.1, 0.15) is 5.52 Å². The normalized spacial score (nSPS) is 25.5. The Morgan fingerprint density at radius 3 is 2.76 bits per heavy atom. The summed E-state index contributed by atoms with van der Waals surface area (Å²) in [7, 11) is 2.18. The minimum absolute atomic E-state index is 0.104. The lowest BCUT2D eigenvalue weighted by Gasteiger charge is -2.33. The number of allylic oxidation sites excluding steroid dienone is 4. The molecule has 37 heavy (non-hydrogen) atoms. The highest BCUT2D eigenvalue weighted by atomic mass is 19.3. The zero-order valence-corrected chi connectivity index (χ0v) is 21.3. The monoisotopic (exact) mass is 512 g/mol. The SMILES string of the molecule is CC1C=C(C2CCN(C)CC2)C=CC1c1cc2nccnc2c(NC[C@@H]2CN(C(=O)C(F)F)CCO2)n1. The topological polar surface area (TPSA) is 83.5 Å². The van der Waals surface area contributed by atoms with E-state index in [4.69, 9.17) is 9.72 Å². The zero-order valence-electron chi connectivity index (χ0n) is 21.3. The first kappa shape index (κ1) is 25.7. The van der Waals surface area contributed by atoms with Gasteiger partial charge in [-0.15, -0.1) is 0 Å². The lowest BCUT2D eigenvalue weighted by atomic mass is 9.79. The van der Waals surface area contributed by atoms with E-state index in [0.717, 1.165) is 29.2 Å². The zero-order chi connectivity index (χ0) is 25.9. The fourth-order valence-electron chi connectivity index (χ4n) is 5.51. The number of amides is 1. The Bertz CT molecular complexity index is 1180. The maximum Gasteiger partial charge on any atom is 0.315 e. The first-order valence-corrected chi connectivity index (χ1v) is 13.0. The molecule has 0 radical (unpaired) electrons. The van der Waals surface area contributed by atoms with Crippen LogP contribution in [0.1, 0.15) is 31.4 Å². The average molecular weight is 513 g/mol. The molecule has 0 saturated carbocycles. The van der Waals surface area contributed by atoms with Gasteiger partial charge in [-0.2, -0.15) is 8.78 Å². The van der Waals surface area contributed by atoms with Gasteiger partial charge >= 0.3 is 6.43 Å². The molecule has 0 aromatic carbocycles. The number of ether oxygens (including phenoxy) is 1. The van der Waals surface area contributed by atoms with Crippen LogP contribution in [0.3, 0.4) is 0 Å². The van der Waals surface area contributed by atoms with E-state index in [9.17, 15) is 13.6 Å². The van der Waals surface area contributed by atoms with Gasteiger partial charge in [-0.1, -0.05) is 25.2 Å². The predicted octanol–water partition coefficient (Wildman–Crippen LogP) is 3.49. The van der Waals surface area contributed by atoms with Crippen molar-refractivity contribution in [3.63, 3.8) is 0 Å². The Kier molecular flexibility index (Phi) is 7.76. The first-order chi connectivity index (χ1) is 17.9. The van der Waals surface area contributed by atoms with Gasteiger partial charge in [-0.3, -0.25) is 9.78 Å². The van der Waals surface area contributed by atoms with Gasteiger partial charge in [-0.25, -0.2) is 9.97 Å². The van der Waals surface area contributed by atoms with Crippen molar-refractivity contribution in [3.05, 3.63) is 48.0 Å². The van der Waals surface area contributed by atoms with E-state index in [1.165, 1.54) is 18.4 Å². The fourth-order valence-corrected chi connectivity index (χ4v) is 5.51. The largest absolute Gasteiger partial charge is 0.373 e. The number of pyridine rings is 1. The molecule has 3 aliphatic rings. The number of aromatic nitrogens is 3. The Labute approximate surface area is 215 Å². The van der Waals surface area contributed by atoms with Gasteiger partial charge in [0, 0.05) is 37.9 Å². The third-order valence-electron chi connectivity index (χ3n) is 7.66. The summed E-state index contributed by atoms with van der Waals surface area (Å²) in [5.41, 5.74) is 3.70. The van der Waals surface area contributed by atoms with E-state index >= 15 is 0 Å². The second kappa shape index (κ2) is 11.2. The molecule has 2 fully saturated rings. The third-order valence-corrected chi connectivity index (χ3v) is 7.66. The number of likely N-dealkylation sites (tertiary alicyclic amines) is 1. The molecule has 198 valence electrons. The number of anilines is 1. The molecular weight excluding hydrogens is 478 g/mol. The fraction of sp³-hybridized carbons (Fsp3) is 0.556. The number of hydrogen-bond acceptors (Lipinski definition) is 7. The maximum absolute atomic E-state index is 12.9. The smallest absolute Gasteiger partial charge is 0.315 e. The number of carbonyl (C=O) groups excluding carboxylic acids is 1. The number of rotatable bonds is 6. The number of piperidine rings is 1. The van der Waals surface area contributed by atoms with E-state index in [-0.39, 0.29) is 31.5 Å². The molecule has 0 bridgehead atoms. The summed E-state index contributed by atoms with van der Waals surface area (Å²) in [6, 6.07) is 1.99. The van der Waals surface area contributed by atoms with Gasteiger partial charge in [0.25, 0.3) is 5.91 Å². The van der Waals surface area contributed by atoms with Crippen LogP contribution in [0.5, 0.6) is 0 Å². The summed E-state index contributed by atoms with van der Waals surface area (Å²) >= 11 is 0. The van der Waals surface area contributed by atoms with Crippen LogP contribution in [-0.2, 0) is 9.53 Å². The summed E-state index contributed by atoms with van der Waals surface area (Å²) < 4.78 is 31.5. The summed E-state index contributed by atoms with van der Waals surface area (Å²) in [5, 5.41) is 3.30. The lowest BCUT2D eigenvalue weighted by molar-refractivity contribution is -0.149. The van der Waals surface area contributed by atoms with Gasteiger partial charge in [0.15, 0.2) is 5.82 Å². The maximum atomic E-state index is 12.9. The summed E-state index contributed by atoms with van der Waals surface area (Å²) in [6.07, 6.45) is 9.12. The Hall–Kier alpha value is -2.98. The summed E-state index contributed by atoms with van der Waals surface area (Å²) in [5.74, 6) is 0.412.